The van der Waals surface area contributed by atoms with Crippen LogP contribution in [0.2, 0.25) is 0 Å². The Labute approximate surface area is 63.8 Å². The first kappa shape index (κ1) is 9.37. The van der Waals surface area contributed by atoms with Gasteiger partial charge < -0.3 is 10.1 Å². The van der Waals surface area contributed by atoms with E-state index in [1.165, 1.54) is 0 Å². The largest absolute Gasteiger partial charge is 0.304 e. The van der Waals surface area contributed by atoms with Crippen molar-refractivity contribution in [3.05, 3.63) is 12.7 Å². The predicted molar refractivity (Wildman–Crippen MR) is 45.0 cm³/mol. The number of carbonyl (C=O) groups is 1. The van der Waals surface area contributed by atoms with Crippen molar-refractivity contribution >= 4 is 6.29 Å². The maximum absolute atomic E-state index is 10.4. The molecule has 0 aromatic heterocycles. The lowest BCUT2D eigenvalue weighted by Gasteiger charge is -2.13. The smallest absolute Gasteiger partial charge is 0.137 e. The minimum absolute atomic E-state index is 0. The van der Waals surface area contributed by atoms with Crippen molar-refractivity contribution in [3.63, 3.8) is 0 Å². The topological polar surface area (TPSA) is 29.1 Å². The molecule has 1 unspecified atom stereocenters. The zero-order valence-corrected chi connectivity index (χ0v) is 6.63. The van der Waals surface area contributed by atoms with E-state index < -0.39 is 0 Å². The fraction of sp³-hybridized carbons (Fsp3) is 0.625. The fourth-order valence-corrected chi connectivity index (χ4v) is 0.660. The Bertz CT molecular complexity index is 115. The minimum atomic E-state index is -0.0296. The molecule has 0 heterocycles. The molecule has 0 spiro atoms. The Morgan fingerprint density at radius 1 is 1.70 bits per heavy atom. The van der Waals surface area contributed by atoms with Crippen molar-refractivity contribution < 1.29 is 6.22 Å². The monoisotopic (exact) mass is 143 g/mol. The summed E-state index contributed by atoms with van der Waals surface area (Å²) < 4.78 is 0. The molecule has 0 bridgehead atoms. The standard InChI is InChI=1S/C8H15NO.H2/c1-4-5-9-8(6-10)7(2)3;/h4,6-9H,1,5H2,2-3H3;1H. The molecule has 0 radical (unpaired) electrons. The normalized spacial score (nSPS) is 13.1. The summed E-state index contributed by atoms with van der Waals surface area (Å²) in [4.78, 5) is 10.4. The first-order valence-corrected chi connectivity index (χ1v) is 3.52. The Kier molecular flexibility index (Phi) is 4.85. The van der Waals surface area contributed by atoms with Gasteiger partial charge in [-0.15, -0.1) is 6.58 Å². The molecule has 10 heavy (non-hydrogen) atoms. The van der Waals surface area contributed by atoms with E-state index in [1.807, 2.05) is 13.8 Å². The van der Waals surface area contributed by atoms with Crippen LogP contribution in [-0.4, -0.2) is 18.9 Å². The number of aldehydes is 1. The Morgan fingerprint density at radius 2 is 2.30 bits per heavy atom. The average Bonchev–Trinajstić information content (AvgIpc) is 1.89. The van der Waals surface area contributed by atoms with Crippen LogP contribution in [0.15, 0.2) is 12.7 Å². The van der Waals surface area contributed by atoms with E-state index in [9.17, 15) is 4.79 Å². The van der Waals surface area contributed by atoms with Crippen LogP contribution in [0.4, 0.5) is 0 Å². The molecule has 0 fully saturated rings. The van der Waals surface area contributed by atoms with Gasteiger partial charge in [0.1, 0.15) is 6.29 Å². The van der Waals surface area contributed by atoms with Gasteiger partial charge in [0, 0.05) is 7.97 Å². The van der Waals surface area contributed by atoms with Gasteiger partial charge in [-0.1, -0.05) is 19.9 Å². The van der Waals surface area contributed by atoms with Crippen molar-refractivity contribution in [3.8, 4) is 0 Å². The molecule has 1 N–H and O–H groups in total. The molecule has 0 aromatic carbocycles. The first-order chi connectivity index (χ1) is 4.72. The highest BCUT2D eigenvalue weighted by Crippen LogP contribution is 1.96. The van der Waals surface area contributed by atoms with Crippen molar-refractivity contribution in [1.29, 1.82) is 0 Å². The van der Waals surface area contributed by atoms with Crippen molar-refractivity contribution in [2.75, 3.05) is 6.54 Å². The summed E-state index contributed by atoms with van der Waals surface area (Å²) in [7, 11) is 0. The highest BCUT2D eigenvalue weighted by atomic mass is 16.1. The lowest BCUT2D eigenvalue weighted by Crippen LogP contribution is -2.35. The molecule has 0 saturated carbocycles. The van der Waals surface area contributed by atoms with E-state index in [0.29, 0.717) is 12.5 Å². The maximum atomic E-state index is 10.4. The van der Waals surface area contributed by atoms with Crippen LogP contribution in [0.5, 0.6) is 0 Å². The highest BCUT2D eigenvalue weighted by molar-refractivity contribution is 5.57. The fourth-order valence-electron chi connectivity index (χ4n) is 0.660. The summed E-state index contributed by atoms with van der Waals surface area (Å²) in [6.45, 7) is 8.26. The van der Waals surface area contributed by atoms with Gasteiger partial charge in [-0.3, -0.25) is 0 Å². The molecule has 0 aromatic rings. The van der Waals surface area contributed by atoms with Gasteiger partial charge in [-0.25, -0.2) is 0 Å². The van der Waals surface area contributed by atoms with E-state index in [4.69, 9.17) is 0 Å². The number of hydrogen-bond acceptors (Lipinski definition) is 2. The summed E-state index contributed by atoms with van der Waals surface area (Å²) in [5.74, 6) is 0.359. The number of nitrogens with one attached hydrogen (secondary N) is 1. The second-order valence-electron chi connectivity index (χ2n) is 2.60. The second-order valence-corrected chi connectivity index (χ2v) is 2.60. The predicted octanol–water partition coefficient (Wildman–Crippen LogP) is 1.23. The Morgan fingerprint density at radius 3 is 2.60 bits per heavy atom. The summed E-state index contributed by atoms with van der Waals surface area (Å²) in [6, 6.07) is -0.0296. The lowest BCUT2D eigenvalue weighted by molar-refractivity contribution is -0.110. The molecule has 2 nitrogen and oxygen atoms in total. The van der Waals surface area contributed by atoms with Crippen LogP contribution < -0.4 is 5.32 Å². The molecule has 0 aliphatic heterocycles. The van der Waals surface area contributed by atoms with Gasteiger partial charge in [0.15, 0.2) is 0 Å². The quantitative estimate of drug-likeness (QED) is 0.463. The molecule has 0 rings (SSSR count). The van der Waals surface area contributed by atoms with Crippen LogP contribution in [0.1, 0.15) is 15.3 Å². The zero-order chi connectivity index (χ0) is 7.98. The van der Waals surface area contributed by atoms with Gasteiger partial charge >= 0.3 is 0 Å². The van der Waals surface area contributed by atoms with E-state index in [2.05, 4.69) is 11.9 Å². The van der Waals surface area contributed by atoms with Gasteiger partial charge in [0.25, 0.3) is 0 Å². The molecule has 0 amide bonds. The lowest BCUT2D eigenvalue weighted by atomic mass is 10.1. The summed E-state index contributed by atoms with van der Waals surface area (Å²) in [6.07, 6.45) is 2.69. The van der Waals surface area contributed by atoms with E-state index in [1.54, 1.807) is 6.08 Å². The van der Waals surface area contributed by atoms with E-state index >= 15 is 0 Å². The van der Waals surface area contributed by atoms with Crippen LogP contribution in [0.3, 0.4) is 0 Å². The summed E-state index contributed by atoms with van der Waals surface area (Å²) >= 11 is 0. The zero-order valence-electron chi connectivity index (χ0n) is 6.63. The maximum Gasteiger partial charge on any atom is 0.137 e. The second kappa shape index (κ2) is 5.18. The highest BCUT2D eigenvalue weighted by Gasteiger charge is 2.08. The summed E-state index contributed by atoms with van der Waals surface area (Å²) in [5.41, 5.74) is 0. The van der Waals surface area contributed by atoms with Crippen molar-refractivity contribution in [2.45, 2.75) is 19.9 Å². The number of carbonyl (C=O) groups excluding carboxylic acids is 1. The average molecular weight is 143 g/mol. The van der Waals surface area contributed by atoms with Gasteiger partial charge in [0.05, 0.1) is 6.04 Å². The minimum Gasteiger partial charge on any atom is -0.304 e. The van der Waals surface area contributed by atoms with E-state index in [0.717, 1.165) is 6.29 Å². The molecule has 0 aliphatic carbocycles. The van der Waals surface area contributed by atoms with Crippen LogP contribution in [0, 0.1) is 5.92 Å². The molecule has 0 saturated heterocycles. The van der Waals surface area contributed by atoms with Crippen LogP contribution in [0.25, 0.3) is 0 Å². The summed E-state index contributed by atoms with van der Waals surface area (Å²) in [5, 5.41) is 3.03. The third-order valence-electron chi connectivity index (χ3n) is 1.36. The van der Waals surface area contributed by atoms with Gasteiger partial charge in [-0.05, 0) is 5.92 Å². The van der Waals surface area contributed by atoms with Crippen molar-refractivity contribution in [2.24, 2.45) is 5.92 Å². The SMILES string of the molecule is C=CCNC(C=O)C(C)C.[HH]. The Balaban J connectivity index is 0. The molecular formula is C8H17NO. The Hall–Kier alpha value is -0.630. The van der Waals surface area contributed by atoms with Gasteiger partial charge in [0.2, 0.25) is 0 Å². The number of rotatable bonds is 5. The van der Waals surface area contributed by atoms with Crippen molar-refractivity contribution in [1.82, 2.24) is 5.32 Å². The van der Waals surface area contributed by atoms with Crippen LogP contribution >= 0.6 is 0 Å². The molecule has 0 aliphatic rings. The number of hydrogen-bond donors (Lipinski definition) is 1. The van der Waals surface area contributed by atoms with Gasteiger partial charge in [-0.2, -0.15) is 0 Å². The van der Waals surface area contributed by atoms with Crippen LogP contribution in [-0.2, 0) is 4.79 Å². The first-order valence-electron chi connectivity index (χ1n) is 3.52. The molecule has 60 valence electrons. The molecule has 1 atom stereocenters. The van der Waals surface area contributed by atoms with E-state index in [-0.39, 0.29) is 7.47 Å². The third kappa shape index (κ3) is 3.41. The molecule has 2 heteroatoms. The molecular weight excluding hydrogens is 126 g/mol. The third-order valence-corrected chi connectivity index (χ3v) is 1.36.